The van der Waals surface area contributed by atoms with Crippen LogP contribution in [0.3, 0.4) is 0 Å². The molecule has 2 unspecified atom stereocenters. The Bertz CT molecular complexity index is 1010. The number of aromatic nitrogens is 2. The molecule has 4 heterocycles. The summed E-state index contributed by atoms with van der Waals surface area (Å²) in [6.45, 7) is 3.35. The molecule has 2 aliphatic rings. The van der Waals surface area contributed by atoms with Crippen molar-refractivity contribution in [3.05, 3.63) is 60.2 Å². The molecule has 5 nitrogen and oxygen atoms in total. The van der Waals surface area contributed by atoms with Crippen molar-refractivity contribution in [1.29, 1.82) is 0 Å². The molecular formula is C22H23FN4O. The summed E-state index contributed by atoms with van der Waals surface area (Å²) in [5.41, 5.74) is 2.25. The lowest BCUT2D eigenvalue weighted by atomic mass is 10.0. The van der Waals surface area contributed by atoms with Gasteiger partial charge in [-0.3, -0.25) is 4.79 Å². The van der Waals surface area contributed by atoms with Crippen molar-refractivity contribution >= 4 is 22.6 Å². The van der Waals surface area contributed by atoms with Crippen LogP contribution in [0.1, 0.15) is 5.56 Å². The second kappa shape index (κ2) is 6.62. The van der Waals surface area contributed by atoms with Crippen LogP contribution in [0.15, 0.2) is 48.8 Å². The van der Waals surface area contributed by atoms with Crippen molar-refractivity contribution in [2.24, 2.45) is 18.9 Å². The molecule has 0 saturated carbocycles. The molecule has 2 aromatic heterocycles. The number of halogens is 1. The maximum Gasteiger partial charge on any atom is 0.227 e. The van der Waals surface area contributed by atoms with E-state index in [1.165, 1.54) is 12.3 Å². The number of anilines is 1. The number of hydrogen-bond acceptors (Lipinski definition) is 3. The second-order valence-corrected chi connectivity index (χ2v) is 8.02. The second-order valence-electron chi connectivity index (χ2n) is 8.02. The highest BCUT2D eigenvalue weighted by molar-refractivity contribution is 5.89. The normalized spacial score (nSPS) is 21.5. The molecule has 1 amide bonds. The van der Waals surface area contributed by atoms with Crippen LogP contribution in [0.4, 0.5) is 10.2 Å². The molecule has 6 heteroatoms. The lowest BCUT2D eigenvalue weighted by molar-refractivity contribution is -0.129. The number of hydrogen-bond donors (Lipinski definition) is 0. The first kappa shape index (κ1) is 17.2. The predicted molar refractivity (Wildman–Crippen MR) is 107 cm³/mol. The number of carbonyl (C=O) groups excluding carboxylic acids is 1. The Morgan fingerprint density at radius 3 is 2.57 bits per heavy atom. The number of aryl methyl sites for hydroxylation is 1. The standard InChI is InChI=1S/C22H23FN4O/c1-25-10-15(19-4-2-3-5-20(19)25)8-22(28)27-13-16-11-26(12-17(16)14-27)21-7-6-18(23)9-24-21/h2-7,9-10,16-17H,8,11-14H2,1H3. The van der Waals surface area contributed by atoms with Gasteiger partial charge in [-0.1, -0.05) is 18.2 Å². The molecule has 2 saturated heterocycles. The summed E-state index contributed by atoms with van der Waals surface area (Å²) in [6, 6.07) is 11.4. The molecule has 0 bridgehead atoms. The molecule has 28 heavy (non-hydrogen) atoms. The average Bonchev–Trinajstić information content (AvgIpc) is 3.35. The minimum Gasteiger partial charge on any atom is -0.356 e. The van der Waals surface area contributed by atoms with Crippen LogP contribution in [0.2, 0.25) is 0 Å². The summed E-state index contributed by atoms with van der Waals surface area (Å²) in [5.74, 6) is 1.64. The van der Waals surface area contributed by atoms with Gasteiger partial charge in [0.1, 0.15) is 11.6 Å². The molecular weight excluding hydrogens is 355 g/mol. The number of fused-ring (bicyclic) bond motifs is 2. The molecule has 0 aliphatic carbocycles. The maximum atomic E-state index is 13.1. The van der Waals surface area contributed by atoms with Crippen molar-refractivity contribution < 1.29 is 9.18 Å². The molecule has 3 aromatic rings. The van der Waals surface area contributed by atoms with Gasteiger partial charge < -0.3 is 14.4 Å². The van der Waals surface area contributed by atoms with Gasteiger partial charge in [0.15, 0.2) is 0 Å². The van der Waals surface area contributed by atoms with E-state index in [1.54, 1.807) is 6.07 Å². The third-order valence-corrected chi connectivity index (χ3v) is 6.20. The van der Waals surface area contributed by atoms with E-state index in [1.807, 2.05) is 24.1 Å². The Morgan fingerprint density at radius 2 is 1.86 bits per heavy atom. The maximum absolute atomic E-state index is 13.1. The molecule has 2 aliphatic heterocycles. The van der Waals surface area contributed by atoms with E-state index in [0.29, 0.717) is 18.3 Å². The highest BCUT2D eigenvalue weighted by Crippen LogP contribution is 2.34. The topological polar surface area (TPSA) is 41.4 Å². The zero-order valence-corrected chi connectivity index (χ0v) is 15.9. The quantitative estimate of drug-likeness (QED) is 0.704. The van der Waals surface area contributed by atoms with Crippen LogP contribution in [0, 0.1) is 17.7 Å². The molecule has 0 N–H and O–H groups in total. The molecule has 2 atom stereocenters. The van der Waals surface area contributed by atoms with Crippen molar-refractivity contribution in [2.75, 3.05) is 31.1 Å². The van der Waals surface area contributed by atoms with Gasteiger partial charge in [-0.15, -0.1) is 0 Å². The largest absolute Gasteiger partial charge is 0.356 e. The lowest BCUT2D eigenvalue weighted by Gasteiger charge is -2.22. The molecule has 144 valence electrons. The first-order chi connectivity index (χ1) is 13.6. The Morgan fingerprint density at radius 1 is 1.11 bits per heavy atom. The third kappa shape index (κ3) is 2.93. The van der Waals surface area contributed by atoms with Gasteiger partial charge in [-0.2, -0.15) is 0 Å². The van der Waals surface area contributed by atoms with Crippen LogP contribution in [0.5, 0.6) is 0 Å². The van der Waals surface area contributed by atoms with E-state index in [2.05, 4.69) is 32.8 Å². The van der Waals surface area contributed by atoms with Gasteiger partial charge in [-0.05, 0) is 23.8 Å². The van der Waals surface area contributed by atoms with E-state index in [4.69, 9.17) is 0 Å². The third-order valence-electron chi connectivity index (χ3n) is 6.20. The van der Waals surface area contributed by atoms with Gasteiger partial charge in [0.25, 0.3) is 0 Å². The van der Waals surface area contributed by atoms with Gasteiger partial charge in [0.2, 0.25) is 5.91 Å². The van der Waals surface area contributed by atoms with Crippen molar-refractivity contribution in [2.45, 2.75) is 6.42 Å². The smallest absolute Gasteiger partial charge is 0.227 e. The number of carbonyl (C=O) groups is 1. The predicted octanol–water partition coefficient (Wildman–Crippen LogP) is 2.85. The molecule has 2 fully saturated rings. The van der Waals surface area contributed by atoms with Crippen molar-refractivity contribution in [1.82, 2.24) is 14.5 Å². The molecule has 1 aromatic carbocycles. The number of nitrogens with zero attached hydrogens (tertiary/aromatic N) is 4. The molecule has 5 rings (SSSR count). The highest BCUT2D eigenvalue weighted by atomic mass is 19.1. The number of rotatable bonds is 3. The fourth-order valence-corrected chi connectivity index (χ4v) is 4.78. The minimum atomic E-state index is -0.312. The lowest BCUT2D eigenvalue weighted by Crippen LogP contribution is -2.34. The fraction of sp³-hybridized carbons (Fsp3) is 0.364. The Hall–Kier alpha value is -2.89. The highest BCUT2D eigenvalue weighted by Gasteiger charge is 2.41. The average molecular weight is 378 g/mol. The number of para-hydroxylation sites is 1. The first-order valence-corrected chi connectivity index (χ1v) is 9.75. The number of pyridine rings is 1. The molecule has 0 radical (unpaired) electrons. The van der Waals surface area contributed by atoms with Gasteiger partial charge in [0, 0.05) is 62.2 Å². The van der Waals surface area contributed by atoms with Crippen LogP contribution < -0.4 is 4.90 Å². The number of amides is 1. The number of likely N-dealkylation sites (tertiary alicyclic amines) is 1. The van der Waals surface area contributed by atoms with Crippen molar-refractivity contribution in [3.63, 3.8) is 0 Å². The van der Waals surface area contributed by atoms with Crippen molar-refractivity contribution in [3.8, 4) is 0 Å². The number of benzene rings is 1. The Labute approximate surface area is 163 Å². The Balaban J connectivity index is 1.25. The first-order valence-electron chi connectivity index (χ1n) is 9.75. The van der Waals surface area contributed by atoms with Gasteiger partial charge in [-0.25, -0.2) is 9.37 Å². The summed E-state index contributed by atoms with van der Waals surface area (Å²) in [7, 11) is 2.02. The fourth-order valence-electron chi connectivity index (χ4n) is 4.78. The van der Waals surface area contributed by atoms with E-state index >= 15 is 0 Å². The van der Waals surface area contributed by atoms with Gasteiger partial charge >= 0.3 is 0 Å². The van der Waals surface area contributed by atoms with Gasteiger partial charge in [0.05, 0.1) is 12.6 Å². The van der Waals surface area contributed by atoms with E-state index in [9.17, 15) is 9.18 Å². The van der Waals surface area contributed by atoms with E-state index < -0.39 is 0 Å². The SMILES string of the molecule is Cn1cc(CC(=O)N2CC3CN(c4ccc(F)cn4)CC3C2)c2ccccc21. The van der Waals surface area contributed by atoms with Crippen LogP contribution in [-0.4, -0.2) is 46.5 Å². The minimum absolute atomic E-state index is 0.206. The summed E-state index contributed by atoms with van der Waals surface area (Å²) in [6.07, 6.45) is 3.79. The summed E-state index contributed by atoms with van der Waals surface area (Å²) >= 11 is 0. The van der Waals surface area contributed by atoms with E-state index in [-0.39, 0.29) is 11.7 Å². The molecule has 0 spiro atoms. The summed E-state index contributed by atoms with van der Waals surface area (Å²) in [5, 5.41) is 1.16. The van der Waals surface area contributed by atoms with Crippen LogP contribution in [0.25, 0.3) is 10.9 Å². The summed E-state index contributed by atoms with van der Waals surface area (Å²) < 4.78 is 15.2. The van der Waals surface area contributed by atoms with Crippen LogP contribution >= 0.6 is 0 Å². The van der Waals surface area contributed by atoms with E-state index in [0.717, 1.165) is 48.5 Å². The summed E-state index contributed by atoms with van der Waals surface area (Å²) in [4.78, 5) is 21.4. The zero-order valence-electron chi connectivity index (χ0n) is 15.9. The van der Waals surface area contributed by atoms with Crippen LogP contribution in [-0.2, 0) is 18.3 Å². The monoisotopic (exact) mass is 378 g/mol. The Kier molecular flexibility index (Phi) is 4.07. The zero-order chi connectivity index (χ0) is 19.3.